The Morgan fingerprint density at radius 2 is 1.53 bits per heavy atom. The summed E-state index contributed by atoms with van der Waals surface area (Å²) in [5, 5.41) is 3.27. The molecule has 4 aromatic rings. The highest BCUT2D eigenvalue weighted by Crippen LogP contribution is 2.26. The molecule has 7 nitrogen and oxygen atoms in total. The summed E-state index contributed by atoms with van der Waals surface area (Å²) < 4.78 is 42.7. The molecule has 0 aliphatic carbocycles. The van der Waals surface area contributed by atoms with Crippen LogP contribution in [0.3, 0.4) is 0 Å². The van der Waals surface area contributed by atoms with E-state index in [4.69, 9.17) is 11.6 Å². The molecule has 4 aromatic carbocycles. The van der Waals surface area contributed by atoms with Crippen LogP contribution in [0.5, 0.6) is 0 Å². The number of carbonyl (C=O) groups is 2. The number of hydrogen-bond acceptors (Lipinski definition) is 4. The zero-order chi connectivity index (χ0) is 31.0. The van der Waals surface area contributed by atoms with E-state index < -0.39 is 34.3 Å². The van der Waals surface area contributed by atoms with Gasteiger partial charge in [0.15, 0.2) is 0 Å². The lowest BCUT2D eigenvalue weighted by Crippen LogP contribution is -2.53. The van der Waals surface area contributed by atoms with Gasteiger partial charge in [0.05, 0.1) is 10.6 Å². The molecule has 0 aromatic heterocycles. The van der Waals surface area contributed by atoms with Gasteiger partial charge in [-0.05, 0) is 73.5 Å². The van der Waals surface area contributed by atoms with Crippen LogP contribution in [0.2, 0.25) is 5.02 Å². The van der Waals surface area contributed by atoms with E-state index in [1.165, 1.54) is 29.2 Å². The van der Waals surface area contributed by atoms with Gasteiger partial charge in [0.1, 0.15) is 18.4 Å². The Morgan fingerprint density at radius 1 is 0.884 bits per heavy atom. The molecule has 0 spiro atoms. The van der Waals surface area contributed by atoms with Crippen molar-refractivity contribution in [1.82, 2.24) is 10.2 Å². The van der Waals surface area contributed by atoms with Crippen molar-refractivity contribution in [2.45, 2.75) is 37.8 Å². The number of amides is 2. The molecule has 43 heavy (non-hydrogen) atoms. The van der Waals surface area contributed by atoms with Crippen molar-refractivity contribution in [2.75, 3.05) is 17.4 Å². The van der Waals surface area contributed by atoms with Gasteiger partial charge in [-0.2, -0.15) is 0 Å². The largest absolute Gasteiger partial charge is 0.355 e. The number of rotatable bonds is 12. The number of carbonyl (C=O) groups excluding carboxylic acids is 2. The summed E-state index contributed by atoms with van der Waals surface area (Å²) in [7, 11) is -4.27. The van der Waals surface area contributed by atoms with E-state index in [1.54, 1.807) is 43.3 Å². The topological polar surface area (TPSA) is 86.8 Å². The molecule has 0 radical (unpaired) electrons. The van der Waals surface area contributed by atoms with Crippen LogP contribution in [0.15, 0.2) is 108 Å². The molecule has 10 heteroatoms. The number of nitrogens with one attached hydrogen (secondary N) is 1. The van der Waals surface area contributed by atoms with Crippen LogP contribution < -0.4 is 9.62 Å². The number of benzene rings is 4. The Bertz CT molecular complexity index is 1650. The van der Waals surface area contributed by atoms with E-state index in [0.717, 1.165) is 27.6 Å². The fraction of sp³-hybridized carbons (Fsp3) is 0.212. The second-order valence-electron chi connectivity index (χ2n) is 10.1. The van der Waals surface area contributed by atoms with Gasteiger partial charge >= 0.3 is 0 Å². The summed E-state index contributed by atoms with van der Waals surface area (Å²) >= 11 is 6.24. The van der Waals surface area contributed by atoms with Crippen LogP contribution in [-0.2, 0) is 32.6 Å². The lowest BCUT2D eigenvalue weighted by molar-refractivity contribution is -0.140. The number of hydrogen-bond donors (Lipinski definition) is 1. The van der Waals surface area contributed by atoms with Gasteiger partial charge in [0.2, 0.25) is 11.8 Å². The highest BCUT2D eigenvalue weighted by atomic mass is 35.5. The number of nitrogens with zero attached hydrogens (tertiary/aromatic N) is 2. The molecule has 1 N–H and O–H groups in total. The summed E-state index contributed by atoms with van der Waals surface area (Å²) in [6.07, 6.45) is 0.195. The van der Waals surface area contributed by atoms with Gasteiger partial charge in [-0.1, -0.05) is 71.8 Å². The molecule has 0 unspecified atom stereocenters. The van der Waals surface area contributed by atoms with Crippen molar-refractivity contribution in [1.29, 1.82) is 0 Å². The Balaban J connectivity index is 1.79. The van der Waals surface area contributed by atoms with E-state index in [1.807, 2.05) is 37.3 Å². The third-order valence-corrected chi connectivity index (χ3v) is 8.89. The van der Waals surface area contributed by atoms with Crippen molar-refractivity contribution in [2.24, 2.45) is 0 Å². The molecule has 224 valence electrons. The average Bonchev–Trinajstić information content (AvgIpc) is 2.99. The van der Waals surface area contributed by atoms with E-state index in [0.29, 0.717) is 17.1 Å². The molecule has 0 aliphatic heterocycles. The monoisotopic (exact) mass is 621 g/mol. The van der Waals surface area contributed by atoms with Gasteiger partial charge in [0.25, 0.3) is 10.0 Å². The van der Waals surface area contributed by atoms with Crippen LogP contribution in [0.1, 0.15) is 23.6 Å². The zero-order valence-electron chi connectivity index (χ0n) is 23.9. The number of aryl methyl sites for hydroxylation is 1. The zero-order valence-corrected chi connectivity index (χ0v) is 25.5. The molecule has 0 saturated heterocycles. The fourth-order valence-corrected chi connectivity index (χ4v) is 6.28. The maximum Gasteiger partial charge on any atom is 0.264 e. The standard InChI is InChI=1S/C33H33ClFN3O4S/c1-3-36-33(40)31(21-25-8-5-4-6-9-25)37(22-26-10-7-11-27(34)20-26)32(39)23-38(29-16-14-28(35)15-17-29)43(41,42)30-18-12-24(2)13-19-30/h4-20,31H,3,21-23H2,1-2H3,(H,36,40)/t31-/m1/s1. The SMILES string of the molecule is CCNC(=O)[C@@H](Cc1ccccc1)N(Cc1cccc(Cl)c1)C(=O)CN(c1ccc(F)cc1)S(=O)(=O)c1ccc(C)cc1. The van der Waals surface area contributed by atoms with Gasteiger partial charge < -0.3 is 10.2 Å². The van der Waals surface area contributed by atoms with Gasteiger partial charge in [-0.25, -0.2) is 12.8 Å². The summed E-state index contributed by atoms with van der Waals surface area (Å²) in [6, 6.07) is 26.3. The number of halogens is 2. The minimum atomic E-state index is -4.27. The van der Waals surface area contributed by atoms with Gasteiger partial charge in [-0.15, -0.1) is 0 Å². The Morgan fingerprint density at radius 3 is 2.16 bits per heavy atom. The highest BCUT2D eigenvalue weighted by Gasteiger charge is 2.34. The molecule has 0 saturated carbocycles. The minimum absolute atomic E-state index is 0.00410. The van der Waals surface area contributed by atoms with E-state index >= 15 is 0 Å². The first-order valence-electron chi connectivity index (χ1n) is 13.8. The highest BCUT2D eigenvalue weighted by molar-refractivity contribution is 7.92. The number of anilines is 1. The van der Waals surface area contributed by atoms with Crippen molar-refractivity contribution in [3.8, 4) is 0 Å². The maximum absolute atomic E-state index is 14.3. The van der Waals surface area contributed by atoms with Crippen LogP contribution in [0.25, 0.3) is 0 Å². The van der Waals surface area contributed by atoms with Crippen molar-refractivity contribution in [3.63, 3.8) is 0 Å². The Hall–Kier alpha value is -4.21. The van der Waals surface area contributed by atoms with Crippen LogP contribution in [0.4, 0.5) is 10.1 Å². The normalized spacial score (nSPS) is 11.9. The first-order chi connectivity index (χ1) is 20.6. The molecule has 0 fully saturated rings. The predicted octanol–water partition coefficient (Wildman–Crippen LogP) is 5.76. The second-order valence-corrected chi connectivity index (χ2v) is 12.4. The van der Waals surface area contributed by atoms with E-state index in [2.05, 4.69) is 5.32 Å². The van der Waals surface area contributed by atoms with Crippen molar-refractivity contribution >= 4 is 39.1 Å². The fourth-order valence-electron chi connectivity index (χ4n) is 4.65. The van der Waals surface area contributed by atoms with Gasteiger partial charge in [0, 0.05) is 24.5 Å². The van der Waals surface area contributed by atoms with Crippen LogP contribution in [-0.4, -0.2) is 44.3 Å². The number of likely N-dealkylation sites (N-methyl/N-ethyl adjacent to an activating group) is 1. The van der Waals surface area contributed by atoms with E-state index in [-0.39, 0.29) is 29.5 Å². The third-order valence-electron chi connectivity index (χ3n) is 6.87. The summed E-state index contributed by atoms with van der Waals surface area (Å²) in [5.41, 5.74) is 2.46. The summed E-state index contributed by atoms with van der Waals surface area (Å²) in [4.78, 5) is 29.1. The molecule has 1 atom stereocenters. The first kappa shape index (κ1) is 31.7. The van der Waals surface area contributed by atoms with Crippen molar-refractivity contribution in [3.05, 3.63) is 131 Å². The summed E-state index contributed by atoms with van der Waals surface area (Å²) in [5.74, 6) is -1.55. The smallest absolute Gasteiger partial charge is 0.264 e. The second kappa shape index (κ2) is 14.3. The molecule has 0 heterocycles. The third kappa shape index (κ3) is 8.21. The molecule has 2 amide bonds. The average molecular weight is 622 g/mol. The molecule has 4 rings (SSSR count). The minimum Gasteiger partial charge on any atom is -0.355 e. The first-order valence-corrected chi connectivity index (χ1v) is 15.6. The molecular formula is C33H33ClFN3O4S. The molecule has 0 aliphatic rings. The van der Waals surface area contributed by atoms with Crippen LogP contribution in [0, 0.1) is 12.7 Å². The van der Waals surface area contributed by atoms with Crippen molar-refractivity contribution < 1.29 is 22.4 Å². The van der Waals surface area contributed by atoms with Gasteiger partial charge in [-0.3, -0.25) is 13.9 Å². The molecular weight excluding hydrogens is 589 g/mol. The van der Waals surface area contributed by atoms with Crippen LogP contribution >= 0.6 is 11.6 Å². The Labute approximate surface area is 257 Å². The maximum atomic E-state index is 14.3. The summed E-state index contributed by atoms with van der Waals surface area (Å²) in [6.45, 7) is 3.32. The Kier molecular flexibility index (Phi) is 10.6. The predicted molar refractivity (Wildman–Crippen MR) is 167 cm³/mol. The van der Waals surface area contributed by atoms with E-state index in [9.17, 15) is 22.4 Å². The molecule has 0 bridgehead atoms. The number of sulfonamides is 1. The lowest BCUT2D eigenvalue weighted by atomic mass is 10.0. The lowest BCUT2D eigenvalue weighted by Gasteiger charge is -2.33. The quantitative estimate of drug-likeness (QED) is 0.218.